The first kappa shape index (κ1) is 10.7. The minimum Gasteiger partial charge on any atom is -0.100 e. The number of allylic oxidation sites excluding steroid dienone is 1. The van der Waals surface area contributed by atoms with Gasteiger partial charge in [-0.2, -0.15) is 0 Å². The van der Waals surface area contributed by atoms with E-state index < -0.39 is 0 Å². The quantitative estimate of drug-likeness (QED) is 0.524. The van der Waals surface area contributed by atoms with Crippen molar-refractivity contribution in [3.8, 4) is 0 Å². The fourth-order valence-corrected chi connectivity index (χ4v) is 1.53. The van der Waals surface area contributed by atoms with Gasteiger partial charge in [0.05, 0.1) is 0 Å². The smallest absolute Gasteiger partial charge is 0.0295 e. The Kier molecular flexibility index (Phi) is 5.27. The van der Waals surface area contributed by atoms with E-state index in [1.807, 2.05) is 0 Å². The molecule has 0 saturated heterocycles. The van der Waals surface area contributed by atoms with Gasteiger partial charge in [-0.15, -0.1) is 6.58 Å². The third kappa shape index (κ3) is 4.23. The average molecular weight is 154 g/mol. The average Bonchev–Trinajstić information content (AvgIpc) is 1.98. The third-order valence-electron chi connectivity index (χ3n) is 2.58. The molecule has 0 fully saturated rings. The summed E-state index contributed by atoms with van der Waals surface area (Å²) in [4.78, 5) is 0. The van der Waals surface area contributed by atoms with E-state index in [9.17, 15) is 0 Å². The van der Waals surface area contributed by atoms with Crippen molar-refractivity contribution >= 4 is 0 Å². The Labute approximate surface area is 71.7 Å². The summed E-state index contributed by atoms with van der Waals surface area (Å²) in [6, 6.07) is 0. The normalized spacial score (nSPS) is 16.0. The summed E-state index contributed by atoms with van der Waals surface area (Å²) in [5.74, 6) is 1.72. The molecule has 0 rings (SSSR count). The van der Waals surface area contributed by atoms with Crippen molar-refractivity contribution in [2.75, 3.05) is 0 Å². The maximum absolute atomic E-state index is 3.96. The molecule has 0 bridgehead atoms. The largest absolute Gasteiger partial charge is 0.100 e. The Bertz CT molecular complexity index is 113. The highest BCUT2D eigenvalue weighted by atomic mass is 14.2. The summed E-state index contributed by atoms with van der Waals surface area (Å²) in [7, 11) is 0. The second kappa shape index (κ2) is 5.40. The number of hydrogen-bond acceptors (Lipinski definition) is 0. The van der Waals surface area contributed by atoms with Gasteiger partial charge < -0.3 is 0 Å². The summed E-state index contributed by atoms with van der Waals surface area (Å²) in [5.41, 5.74) is 1.33. The lowest BCUT2D eigenvalue weighted by Gasteiger charge is -2.21. The zero-order valence-electron chi connectivity index (χ0n) is 8.48. The lowest BCUT2D eigenvalue weighted by Crippen LogP contribution is -2.09. The van der Waals surface area contributed by atoms with Gasteiger partial charge in [-0.25, -0.2) is 0 Å². The molecule has 0 nitrogen and oxygen atoms in total. The van der Waals surface area contributed by atoms with Crippen LogP contribution in [0.2, 0.25) is 0 Å². The molecule has 0 aromatic rings. The minimum absolute atomic E-state index is 0.858. The Morgan fingerprint density at radius 3 is 2.09 bits per heavy atom. The van der Waals surface area contributed by atoms with Gasteiger partial charge in [0.15, 0.2) is 0 Å². The monoisotopic (exact) mass is 154 g/mol. The summed E-state index contributed by atoms with van der Waals surface area (Å²) in [6.45, 7) is 13.0. The van der Waals surface area contributed by atoms with Crippen LogP contribution in [0.15, 0.2) is 12.2 Å². The van der Waals surface area contributed by atoms with E-state index in [2.05, 4.69) is 34.3 Å². The van der Waals surface area contributed by atoms with Crippen LogP contribution in [0.5, 0.6) is 0 Å². The molecule has 66 valence electrons. The summed E-state index contributed by atoms with van der Waals surface area (Å²) < 4.78 is 0. The van der Waals surface area contributed by atoms with Gasteiger partial charge >= 0.3 is 0 Å². The van der Waals surface area contributed by atoms with Crippen LogP contribution in [0.25, 0.3) is 0 Å². The molecular formula is C11H22. The van der Waals surface area contributed by atoms with Crippen molar-refractivity contribution in [3.05, 3.63) is 12.2 Å². The topological polar surface area (TPSA) is 0 Å². The summed E-state index contributed by atoms with van der Waals surface area (Å²) in [6.07, 6.45) is 3.80. The second-order valence-electron chi connectivity index (χ2n) is 3.72. The van der Waals surface area contributed by atoms with Crippen LogP contribution in [0.3, 0.4) is 0 Å². The zero-order valence-corrected chi connectivity index (χ0v) is 8.48. The fourth-order valence-electron chi connectivity index (χ4n) is 1.53. The molecule has 0 aliphatic heterocycles. The molecule has 0 heterocycles. The predicted octanol–water partition coefficient (Wildman–Crippen LogP) is 4.02. The van der Waals surface area contributed by atoms with Crippen molar-refractivity contribution in [1.82, 2.24) is 0 Å². The molecule has 0 aliphatic rings. The predicted molar refractivity (Wildman–Crippen MR) is 52.7 cm³/mol. The molecule has 11 heavy (non-hydrogen) atoms. The first-order valence-electron chi connectivity index (χ1n) is 4.76. The van der Waals surface area contributed by atoms with Crippen LogP contribution >= 0.6 is 0 Å². The third-order valence-corrected chi connectivity index (χ3v) is 2.58. The van der Waals surface area contributed by atoms with Crippen LogP contribution in [-0.2, 0) is 0 Å². The molecule has 0 radical (unpaired) electrons. The van der Waals surface area contributed by atoms with Gasteiger partial charge in [-0.3, -0.25) is 0 Å². The molecule has 2 atom stereocenters. The molecule has 0 amide bonds. The molecule has 0 aromatic carbocycles. The number of hydrogen-bond donors (Lipinski definition) is 0. The van der Waals surface area contributed by atoms with Crippen molar-refractivity contribution < 1.29 is 0 Å². The Balaban J connectivity index is 3.84. The Morgan fingerprint density at radius 2 is 1.82 bits per heavy atom. The molecule has 0 aromatic heterocycles. The molecular weight excluding hydrogens is 132 g/mol. The molecule has 0 aliphatic carbocycles. The van der Waals surface area contributed by atoms with Crippen LogP contribution in [0.1, 0.15) is 47.0 Å². The molecule has 0 saturated carbocycles. The van der Waals surface area contributed by atoms with Crippen LogP contribution in [-0.4, -0.2) is 0 Å². The van der Waals surface area contributed by atoms with Gasteiger partial charge in [0, 0.05) is 0 Å². The van der Waals surface area contributed by atoms with Gasteiger partial charge in [0.2, 0.25) is 0 Å². The Hall–Kier alpha value is -0.260. The first-order valence-corrected chi connectivity index (χ1v) is 4.76. The highest BCUT2D eigenvalue weighted by molar-refractivity contribution is 4.91. The van der Waals surface area contributed by atoms with E-state index in [1.54, 1.807) is 0 Å². The van der Waals surface area contributed by atoms with Crippen molar-refractivity contribution in [1.29, 1.82) is 0 Å². The van der Waals surface area contributed by atoms with E-state index in [1.165, 1.54) is 24.8 Å². The summed E-state index contributed by atoms with van der Waals surface area (Å²) in [5, 5.41) is 0. The van der Waals surface area contributed by atoms with E-state index in [-0.39, 0.29) is 0 Å². The maximum Gasteiger partial charge on any atom is -0.0295 e. The molecule has 1 unspecified atom stereocenters. The van der Waals surface area contributed by atoms with Crippen LogP contribution < -0.4 is 0 Å². The highest BCUT2D eigenvalue weighted by Crippen LogP contribution is 2.24. The SMILES string of the molecule is C=C(C)CC(CC)[C@H](C)CC. The van der Waals surface area contributed by atoms with E-state index >= 15 is 0 Å². The highest BCUT2D eigenvalue weighted by Gasteiger charge is 2.12. The van der Waals surface area contributed by atoms with Crippen molar-refractivity contribution in [3.63, 3.8) is 0 Å². The maximum atomic E-state index is 3.96. The zero-order chi connectivity index (χ0) is 8.85. The summed E-state index contributed by atoms with van der Waals surface area (Å²) >= 11 is 0. The van der Waals surface area contributed by atoms with Gasteiger partial charge in [0.1, 0.15) is 0 Å². The second-order valence-corrected chi connectivity index (χ2v) is 3.72. The Morgan fingerprint density at radius 1 is 1.27 bits per heavy atom. The van der Waals surface area contributed by atoms with E-state index in [0.29, 0.717) is 0 Å². The minimum atomic E-state index is 0.858. The van der Waals surface area contributed by atoms with Crippen LogP contribution in [0, 0.1) is 11.8 Å². The lowest BCUT2D eigenvalue weighted by atomic mass is 9.85. The molecule has 0 N–H and O–H groups in total. The number of rotatable bonds is 5. The van der Waals surface area contributed by atoms with E-state index in [4.69, 9.17) is 0 Å². The van der Waals surface area contributed by atoms with Crippen LogP contribution in [0.4, 0.5) is 0 Å². The molecule has 0 heteroatoms. The van der Waals surface area contributed by atoms with Gasteiger partial charge in [0.25, 0.3) is 0 Å². The van der Waals surface area contributed by atoms with Gasteiger partial charge in [-0.05, 0) is 25.2 Å². The first-order chi connectivity index (χ1) is 5.11. The van der Waals surface area contributed by atoms with Crippen molar-refractivity contribution in [2.45, 2.75) is 47.0 Å². The van der Waals surface area contributed by atoms with Gasteiger partial charge in [-0.1, -0.05) is 39.2 Å². The fraction of sp³-hybridized carbons (Fsp3) is 0.818. The molecule has 0 spiro atoms. The van der Waals surface area contributed by atoms with Crippen molar-refractivity contribution in [2.24, 2.45) is 11.8 Å². The standard InChI is InChI=1S/C11H22/c1-6-10(5)11(7-2)8-9(3)4/h10-11H,3,6-8H2,1-2,4-5H3/t10-,11?/m1/s1. The van der Waals surface area contributed by atoms with E-state index in [0.717, 1.165) is 11.8 Å². The lowest BCUT2D eigenvalue weighted by molar-refractivity contribution is 0.335.